The molecule has 4 rings (SSSR count). The molecule has 1 aromatic carbocycles. The summed E-state index contributed by atoms with van der Waals surface area (Å²) in [5.74, 6) is 1.66. The number of nitrogens with one attached hydrogen (secondary N) is 2. The Morgan fingerprint density at radius 1 is 1.16 bits per heavy atom. The van der Waals surface area contributed by atoms with Crippen molar-refractivity contribution in [3.63, 3.8) is 0 Å². The minimum absolute atomic E-state index is 0.171. The first-order valence-electron chi connectivity index (χ1n) is 9.88. The number of carbonyl (C=O) groups is 1. The molecule has 4 nitrogen and oxygen atoms in total. The molecule has 25 heavy (non-hydrogen) atoms. The molecule has 3 aliphatic rings. The topological polar surface area (TPSA) is 50.4 Å². The summed E-state index contributed by atoms with van der Waals surface area (Å²) in [7, 11) is 1.69. The van der Waals surface area contributed by atoms with Crippen LogP contribution in [0.1, 0.15) is 63.4 Å². The van der Waals surface area contributed by atoms with Gasteiger partial charge in [-0.1, -0.05) is 25.0 Å². The molecule has 0 aromatic heterocycles. The molecule has 2 unspecified atom stereocenters. The van der Waals surface area contributed by atoms with Crippen molar-refractivity contribution in [2.24, 2.45) is 5.92 Å². The lowest BCUT2D eigenvalue weighted by atomic mass is 9.86. The number of carbonyl (C=O) groups excluding carboxylic acids is 1. The van der Waals surface area contributed by atoms with Gasteiger partial charge in [0.25, 0.3) is 0 Å². The van der Waals surface area contributed by atoms with Gasteiger partial charge in [-0.2, -0.15) is 0 Å². The third-order valence-corrected chi connectivity index (χ3v) is 6.52. The molecule has 136 valence electrons. The summed E-state index contributed by atoms with van der Waals surface area (Å²) in [6.07, 6.45) is 10.1. The SMILES string of the molecule is COc1ccc(C2(NC(=O)CC3CC4CCC(C3)N4)CCCC2)cc1. The van der Waals surface area contributed by atoms with E-state index >= 15 is 0 Å². The Hall–Kier alpha value is -1.55. The van der Waals surface area contributed by atoms with Crippen LogP contribution in [-0.4, -0.2) is 25.1 Å². The minimum Gasteiger partial charge on any atom is -0.497 e. The Bertz CT molecular complexity index is 595. The zero-order valence-electron chi connectivity index (χ0n) is 15.2. The van der Waals surface area contributed by atoms with E-state index in [9.17, 15) is 4.79 Å². The molecule has 2 N–H and O–H groups in total. The second kappa shape index (κ2) is 6.99. The van der Waals surface area contributed by atoms with Crippen molar-refractivity contribution in [1.82, 2.24) is 10.6 Å². The molecule has 2 bridgehead atoms. The number of rotatable bonds is 5. The number of methoxy groups -OCH3 is 1. The fourth-order valence-electron chi connectivity index (χ4n) is 5.30. The molecule has 1 saturated carbocycles. The van der Waals surface area contributed by atoms with Gasteiger partial charge in [-0.05, 0) is 62.1 Å². The van der Waals surface area contributed by atoms with E-state index in [1.54, 1.807) is 7.11 Å². The maximum atomic E-state index is 12.8. The number of hydrogen-bond donors (Lipinski definition) is 2. The Morgan fingerprint density at radius 2 is 1.80 bits per heavy atom. The largest absolute Gasteiger partial charge is 0.497 e. The molecule has 0 radical (unpaired) electrons. The smallest absolute Gasteiger partial charge is 0.220 e. The number of piperidine rings is 1. The molecule has 1 amide bonds. The first-order valence-corrected chi connectivity index (χ1v) is 9.88. The summed E-state index contributed by atoms with van der Waals surface area (Å²) in [5, 5.41) is 7.11. The zero-order chi connectivity index (χ0) is 17.3. The summed E-state index contributed by atoms with van der Waals surface area (Å²) in [5.41, 5.74) is 1.06. The third kappa shape index (κ3) is 3.55. The molecule has 2 atom stereocenters. The van der Waals surface area contributed by atoms with E-state index in [-0.39, 0.29) is 11.4 Å². The predicted molar refractivity (Wildman–Crippen MR) is 98.6 cm³/mol. The van der Waals surface area contributed by atoms with Gasteiger partial charge in [0.05, 0.1) is 12.6 Å². The Balaban J connectivity index is 1.43. The monoisotopic (exact) mass is 342 g/mol. The zero-order valence-corrected chi connectivity index (χ0v) is 15.2. The summed E-state index contributed by atoms with van der Waals surface area (Å²) in [4.78, 5) is 12.8. The van der Waals surface area contributed by atoms with Crippen LogP contribution < -0.4 is 15.4 Å². The van der Waals surface area contributed by atoms with Crippen LogP contribution in [0.25, 0.3) is 0 Å². The van der Waals surface area contributed by atoms with Crippen molar-refractivity contribution >= 4 is 5.91 Å². The minimum atomic E-state index is -0.171. The lowest BCUT2D eigenvalue weighted by molar-refractivity contribution is -0.124. The van der Waals surface area contributed by atoms with Crippen LogP contribution in [0.2, 0.25) is 0 Å². The average Bonchev–Trinajstić information content (AvgIpc) is 3.22. The van der Waals surface area contributed by atoms with Crippen molar-refractivity contribution in [2.75, 3.05) is 7.11 Å². The van der Waals surface area contributed by atoms with Gasteiger partial charge in [-0.3, -0.25) is 4.79 Å². The van der Waals surface area contributed by atoms with Crippen LogP contribution in [0.5, 0.6) is 5.75 Å². The summed E-state index contributed by atoms with van der Waals surface area (Å²) in [6.45, 7) is 0. The maximum absolute atomic E-state index is 12.8. The number of fused-ring (bicyclic) bond motifs is 2. The molecule has 1 aliphatic carbocycles. The molecule has 2 aliphatic heterocycles. The number of ether oxygens (including phenoxy) is 1. The quantitative estimate of drug-likeness (QED) is 0.861. The van der Waals surface area contributed by atoms with E-state index < -0.39 is 0 Å². The van der Waals surface area contributed by atoms with Crippen molar-refractivity contribution in [3.8, 4) is 5.75 Å². The fraction of sp³-hybridized carbons (Fsp3) is 0.667. The van der Waals surface area contributed by atoms with Gasteiger partial charge in [0, 0.05) is 18.5 Å². The number of benzene rings is 1. The molecule has 2 heterocycles. The highest BCUT2D eigenvalue weighted by molar-refractivity contribution is 5.77. The first-order chi connectivity index (χ1) is 12.2. The Morgan fingerprint density at radius 3 is 2.40 bits per heavy atom. The van der Waals surface area contributed by atoms with Crippen molar-refractivity contribution < 1.29 is 9.53 Å². The highest BCUT2D eigenvalue weighted by Crippen LogP contribution is 2.40. The summed E-state index contributed by atoms with van der Waals surface area (Å²) >= 11 is 0. The van der Waals surface area contributed by atoms with Crippen molar-refractivity contribution in [1.29, 1.82) is 0 Å². The van der Waals surface area contributed by atoms with Gasteiger partial charge in [-0.25, -0.2) is 0 Å². The van der Waals surface area contributed by atoms with Gasteiger partial charge in [-0.15, -0.1) is 0 Å². The highest BCUT2D eigenvalue weighted by atomic mass is 16.5. The van der Waals surface area contributed by atoms with Crippen LogP contribution in [0, 0.1) is 5.92 Å². The van der Waals surface area contributed by atoms with E-state index in [1.165, 1.54) is 44.1 Å². The molecule has 2 saturated heterocycles. The lowest BCUT2D eigenvalue weighted by Crippen LogP contribution is -2.45. The normalized spacial score (nSPS) is 30.2. The Kier molecular flexibility index (Phi) is 4.72. The van der Waals surface area contributed by atoms with Crippen LogP contribution >= 0.6 is 0 Å². The number of hydrogen-bond acceptors (Lipinski definition) is 3. The van der Waals surface area contributed by atoms with Gasteiger partial charge in [0.1, 0.15) is 5.75 Å². The summed E-state index contributed by atoms with van der Waals surface area (Å²) in [6, 6.07) is 9.56. The van der Waals surface area contributed by atoms with Crippen molar-refractivity contribution in [2.45, 2.75) is 75.4 Å². The van der Waals surface area contributed by atoms with Crippen LogP contribution in [0.4, 0.5) is 0 Å². The Labute approximate surface area is 150 Å². The predicted octanol–water partition coefficient (Wildman–Crippen LogP) is 3.50. The number of amides is 1. The average molecular weight is 342 g/mol. The van der Waals surface area contributed by atoms with Gasteiger partial charge in [0.15, 0.2) is 0 Å². The van der Waals surface area contributed by atoms with Gasteiger partial charge < -0.3 is 15.4 Å². The second-order valence-corrected chi connectivity index (χ2v) is 8.25. The van der Waals surface area contributed by atoms with E-state index in [4.69, 9.17) is 4.74 Å². The van der Waals surface area contributed by atoms with Crippen LogP contribution in [0.15, 0.2) is 24.3 Å². The molecule has 4 heteroatoms. The van der Waals surface area contributed by atoms with Gasteiger partial charge in [0.2, 0.25) is 5.91 Å². The lowest BCUT2D eigenvalue weighted by Gasteiger charge is -2.33. The molecule has 0 spiro atoms. The van der Waals surface area contributed by atoms with Crippen molar-refractivity contribution in [3.05, 3.63) is 29.8 Å². The van der Waals surface area contributed by atoms with E-state index in [1.807, 2.05) is 12.1 Å². The van der Waals surface area contributed by atoms with E-state index in [0.29, 0.717) is 24.4 Å². The van der Waals surface area contributed by atoms with E-state index in [0.717, 1.165) is 18.6 Å². The molecule has 3 fully saturated rings. The molecular weight excluding hydrogens is 312 g/mol. The van der Waals surface area contributed by atoms with Crippen LogP contribution in [0.3, 0.4) is 0 Å². The second-order valence-electron chi connectivity index (χ2n) is 8.25. The maximum Gasteiger partial charge on any atom is 0.220 e. The highest BCUT2D eigenvalue weighted by Gasteiger charge is 2.39. The fourth-order valence-corrected chi connectivity index (χ4v) is 5.30. The molecular formula is C21H30N2O2. The first kappa shape index (κ1) is 16.9. The third-order valence-electron chi connectivity index (χ3n) is 6.52. The van der Waals surface area contributed by atoms with Crippen LogP contribution in [-0.2, 0) is 10.3 Å². The molecule has 1 aromatic rings. The summed E-state index contributed by atoms with van der Waals surface area (Å²) < 4.78 is 5.28. The standard InChI is InChI=1S/C21H30N2O2/c1-25-19-8-4-16(5-9-19)21(10-2-3-11-21)23-20(24)14-15-12-17-6-7-18(13-15)22-17/h4-5,8-9,15,17-18,22H,2-3,6-7,10-14H2,1H3,(H,23,24). The van der Waals surface area contributed by atoms with Gasteiger partial charge >= 0.3 is 0 Å². The van der Waals surface area contributed by atoms with E-state index in [2.05, 4.69) is 22.8 Å².